The lowest BCUT2D eigenvalue weighted by Crippen LogP contribution is -2.47. The Kier molecular flexibility index (Phi) is 19.7. The molecular formula is C17H44N2O6Si2. The second kappa shape index (κ2) is 18.2. The van der Waals surface area contributed by atoms with Crippen molar-refractivity contribution in [1.29, 1.82) is 0 Å². The van der Waals surface area contributed by atoms with Crippen molar-refractivity contribution < 1.29 is 26.6 Å². The normalized spacial score (nSPS) is 13.2. The first-order valence-electron chi connectivity index (χ1n) is 9.91. The van der Waals surface area contributed by atoms with Gasteiger partial charge in [0.25, 0.3) is 0 Å². The van der Waals surface area contributed by atoms with Crippen molar-refractivity contribution in [2.24, 2.45) is 11.5 Å². The highest BCUT2D eigenvalue weighted by Gasteiger charge is 2.40. The summed E-state index contributed by atoms with van der Waals surface area (Å²) >= 11 is 0. The van der Waals surface area contributed by atoms with Crippen LogP contribution in [0.15, 0.2) is 0 Å². The summed E-state index contributed by atoms with van der Waals surface area (Å²) in [5.74, 6) is 0. The van der Waals surface area contributed by atoms with E-state index in [4.69, 9.17) is 38.0 Å². The largest absolute Gasteiger partial charge is 0.501 e. The molecule has 0 aliphatic rings. The van der Waals surface area contributed by atoms with Crippen LogP contribution in [0.5, 0.6) is 0 Å². The summed E-state index contributed by atoms with van der Waals surface area (Å²) in [5.41, 5.74) is 11.3. The summed E-state index contributed by atoms with van der Waals surface area (Å²) in [6, 6.07) is 1.64. The SMILES string of the molecule is CCC(N)C[Si](OC)(OC)OC.CCO[Si](CCCCN)(OCC)OCC. The Hall–Kier alpha value is 0.114. The maximum atomic E-state index is 5.78. The zero-order valence-electron chi connectivity index (χ0n) is 18.5. The van der Waals surface area contributed by atoms with E-state index in [0.717, 1.165) is 31.9 Å². The monoisotopic (exact) mass is 428 g/mol. The summed E-state index contributed by atoms with van der Waals surface area (Å²) in [4.78, 5) is 0. The third kappa shape index (κ3) is 13.0. The van der Waals surface area contributed by atoms with E-state index in [1.54, 1.807) is 21.3 Å². The van der Waals surface area contributed by atoms with Gasteiger partial charge in [-0.3, -0.25) is 0 Å². The van der Waals surface area contributed by atoms with E-state index < -0.39 is 17.6 Å². The lowest BCUT2D eigenvalue weighted by molar-refractivity contribution is 0.0707. The third-order valence-corrected chi connectivity index (χ3v) is 10.0. The minimum atomic E-state index is -2.43. The van der Waals surface area contributed by atoms with Gasteiger partial charge in [0.15, 0.2) is 0 Å². The van der Waals surface area contributed by atoms with Crippen LogP contribution in [0.4, 0.5) is 0 Å². The summed E-state index contributed by atoms with van der Waals surface area (Å²) in [6.45, 7) is 10.6. The Labute approximate surface area is 168 Å². The highest BCUT2D eigenvalue weighted by Crippen LogP contribution is 2.19. The summed E-state index contributed by atoms with van der Waals surface area (Å²) < 4.78 is 32.8. The minimum absolute atomic E-state index is 0.0940. The molecule has 0 amide bonds. The van der Waals surface area contributed by atoms with Gasteiger partial charge in [-0.2, -0.15) is 0 Å². The van der Waals surface area contributed by atoms with Crippen LogP contribution in [0, 0.1) is 0 Å². The highest BCUT2D eigenvalue weighted by atomic mass is 28.4. The van der Waals surface area contributed by atoms with Gasteiger partial charge in [0.1, 0.15) is 0 Å². The Morgan fingerprint density at radius 2 is 1.19 bits per heavy atom. The molecule has 4 N–H and O–H groups in total. The van der Waals surface area contributed by atoms with E-state index in [9.17, 15) is 0 Å². The number of rotatable bonds is 16. The Balaban J connectivity index is 0. The maximum absolute atomic E-state index is 5.78. The summed E-state index contributed by atoms with van der Waals surface area (Å²) in [6.07, 6.45) is 2.93. The zero-order valence-corrected chi connectivity index (χ0v) is 20.5. The number of hydrogen-bond donors (Lipinski definition) is 2. The molecule has 166 valence electrons. The molecule has 0 rings (SSSR count). The lowest BCUT2D eigenvalue weighted by Gasteiger charge is -2.28. The summed E-state index contributed by atoms with van der Waals surface area (Å²) in [5, 5.41) is 0. The Bertz CT molecular complexity index is 301. The van der Waals surface area contributed by atoms with Crippen molar-refractivity contribution in [3.8, 4) is 0 Å². The van der Waals surface area contributed by atoms with E-state index in [0.29, 0.717) is 25.9 Å². The molecule has 10 heteroatoms. The molecule has 27 heavy (non-hydrogen) atoms. The second-order valence-corrected chi connectivity index (χ2v) is 11.6. The van der Waals surface area contributed by atoms with Crippen molar-refractivity contribution in [1.82, 2.24) is 0 Å². The van der Waals surface area contributed by atoms with E-state index in [2.05, 4.69) is 0 Å². The van der Waals surface area contributed by atoms with E-state index in [1.165, 1.54) is 0 Å². The molecule has 0 aromatic carbocycles. The Morgan fingerprint density at radius 3 is 1.48 bits per heavy atom. The van der Waals surface area contributed by atoms with Crippen LogP contribution in [0.2, 0.25) is 12.1 Å². The molecule has 0 fully saturated rings. The van der Waals surface area contributed by atoms with Crippen molar-refractivity contribution >= 4 is 17.6 Å². The van der Waals surface area contributed by atoms with Crippen LogP contribution in [-0.2, 0) is 26.6 Å². The molecule has 0 bridgehead atoms. The van der Waals surface area contributed by atoms with Gasteiger partial charge < -0.3 is 38.0 Å². The fourth-order valence-corrected chi connectivity index (χ4v) is 7.07. The maximum Gasteiger partial charge on any atom is 0.501 e. The fraction of sp³-hybridized carbons (Fsp3) is 1.00. The van der Waals surface area contributed by atoms with Crippen LogP contribution in [0.25, 0.3) is 0 Å². The molecular weight excluding hydrogens is 384 g/mol. The minimum Gasteiger partial charge on any atom is -0.377 e. The van der Waals surface area contributed by atoms with Gasteiger partial charge in [-0.25, -0.2) is 0 Å². The van der Waals surface area contributed by atoms with Crippen LogP contribution in [0.1, 0.15) is 47.0 Å². The van der Waals surface area contributed by atoms with Crippen LogP contribution < -0.4 is 11.5 Å². The number of unbranched alkanes of at least 4 members (excludes halogenated alkanes) is 1. The first-order chi connectivity index (χ1) is 12.9. The summed E-state index contributed by atoms with van der Waals surface area (Å²) in [7, 11) is -0.0183. The van der Waals surface area contributed by atoms with E-state index >= 15 is 0 Å². The van der Waals surface area contributed by atoms with Crippen molar-refractivity contribution in [2.75, 3.05) is 47.7 Å². The smallest absolute Gasteiger partial charge is 0.377 e. The van der Waals surface area contributed by atoms with Gasteiger partial charge in [0, 0.05) is 59.3 Å². The molecule has 0 aliphatic heterocycles. The fourth-order valence-electron chi connectivity index (χ4n) is 2.45. The van der Waals surface area contributed by atoms with Crippen LogP contribution in [0.3, 0.4) is 0 Å². The van der Waals surface area contributed by atoms with Crippen molar-refractivity contribution in [3.05, 3.63) is 0 Å². The van der Waals surface area contributed by atoms with Gasteiger partial charge in [0.05, 0.1) is 0 Å². The predicted molar refractivity (Wildman–Crippen MR) is 114 cm³/mol. The van der Waals surface area contributed by atoms with E-state index in [1.807, 2.05) is 27.7 Å². The molecule has 0 aromatic heterocycles. The van der Waals surface area contributed by atoms with Crippen molar-refractivity contribution in [3.63, 3.8) is 0 Å². The topological polar surface area (TPSA) is 107 Å². The van der Waals surface area contributed by atoms with Crippen LogP contribution >= 0.6 is 0 Å². The van der Waals surface area contributed by atoms with Crippen molar-refractivity contribution in [2.45, 2.75) is 65.1 Å². The first-order valence-corrected chi connectivity index (χ1v) is 13.8. The van der Waals surface area contributed by atoms with Gasteiger partial charge >= 0.3 is 17.6 Å². The second-order valence-electron chi connectivity index (χ2n) is 5.90. The van der Waals surface area contributed by atoms with Gasteiger partial charge in [-0.05, 0) is 46.6 Å². The van der Waals surface area contributed by atoms with Crippen LogP contribution in [-0.4, -0.2) is 71.3 Å². The number of nitrogens with two attached hydrogens (primary N) is 2. The molecule has 0 saturated carbocycles. The van der Waals surface area contributed by atoms with Gasteiger partial charge in [0.2, 0.25) is 0 Å². The van der Waals surface area contributed by atoms with Gasteiger partial charge in [-0.1, -0.05) is 6.92 Å². The first kappa shape index (κ1) is 29.3. The quantitative estimate of drug-likeness (QED) is 0.285. The molecule has 0 saturated heterocycles. The van der Waals surface area contributed by atoms with Gasteiger partial charge in [-0.15, -0.1) is 0 Å². The Morgan fingerprint density at radius 1 is 0.741 bits per heavy atom. The molecule has 1 unspecified atom stereocenters. The molecule has 0 aliphatic carbocycles. The average Bonchev–Trinajstić information content (AvgIpc) is 2.67. The molecule has 1 atom stereocenters. The number of hydrogen-bond acceptors (Lipinski definition) is 8. The molecule has 0 aromatic rings. The zero-order chi connectivity index (χ0) is 21.2. The average molecular weight is 429 g/mol. The molecule has 0 radical (unpaired) electrons. The predicted octanol–water partition coefficient (Wildman–Crippen LogP) is 2.38. The molecule has 8 nitrogen and oxygen atoms in total. The standard InChI is InChI=1S/C10H25NO3Si.C7H19NO3Si/c1-4-12-15(13-5-2,14-6-3)10-8-7-9-11;1-5-7(8)6-12(9-2,10-3)11-4/h4-11H2,1-3H3;7H,5-6,8H2,1-4H3. The molecule has 0 heterocycles. The highest BCUT2D eigenvalue weighted by molar-refractivity contribution is 6.61. The third-order valence-electron chi connectivity index (χ3n) is 4.00. The molecule has 0 spiro atoms. The lowest BCUT2D eigenvalue weighted by atomic mass is 10.3. The van der Waals surface area contributed by atoms with E-state index in [-0.39, 0.29) is 6.04 Å².